The third kappa shape index (κ3) is 4.03. The highest BCUT2D eigenvalue weighted by molar-refractivity contribution is 8.14. The van der Waals surface area contributed by atoms with E-state index in [9.17, 15) is 4.79 Å². The summed E-state index contributed by atoms with van der Waals surface area (Å²) in [5.74, 6) is 0.922. The fraction of sp³-hybridized carbons (Fsp3) is 0.667. The van der Waals surface area contributed by atoms with Crippen LogP contribution < -0.4 is 0 Å². The number of piperidine rings is 1. The molecule has 0 aromatic rings. The number of nitrogens with zero attached hydrogens (tertiary/aromatic N) is 1. The molecule has 106 valence electrons. The summed E-state index contributed by atoms with van der Waals surface area (Å²) in [5.41, 5.74) is 0. The normalized spacial score (nSPS) is 27.1. The maximum Gasteiger partial charge on any atom is 0.282 e. The van der Waals surface area contributed by atoms with Crippen molar-refractivity contribution in [3.05, 3.63) is 24.0 Å². The number of rotatable bonds is 3. The van der Waals surface area contributed by atoms with Gasteiger partial charge in [0.25, 0.3) is 5.24 Å². The molecule has 19 heavy (non-hydrogen) atoms. The van der Waals surface area contributed by atoms with E-state index in [-0.39, 0.29) is 9.99 Å². The number of carbonyl (C=O) groups excluding carboxylic acids is 1. The quantitative estimate of drug-likeness (QED) is 0.784. The lowest BCUT2D eigenvalue weighted by molar-refractivity contribution is 0.211. The Bertz CT molecular complexity index is 386. The molecule has 2 aliphatic rings. The van der Waals surface area contributed by atoms with Crippen molar-refractivity contribution in [1.29, 1.82) is 0 Å². The van der Waals surface area contributed by atoms with Gasteiger partial charge >= 0.3 is 0 Å². The summed E-state index contributed by atoms with van der Waals surface area (Å²) in [6.45, 7) is 6.64. The highest BCUT2D eigenvalue weighted by atomic mass is 32.2. The molecule has 1 amide bonds. The summed E-state index contributed by atoms with van der Waals surface area (Å²) in [6.07, 6.45) is 10.6. The van der Waals surface area contributed by atoms with Crippen molar-refractivity contribution in [2.45, 2.75) is 44.3 Å². The van der Waals surface area contributed by atoms with E-state index in [1.54, 1.807) is 0 Å². The number of amides is 1. The van der Waals surface area contributed by atoms with E-state index in [1.807, 2.05) is 17.9 Å². The fourth-order valence-electron chi connectivity index (χ4n) is 2.39. The SMILES string of the molecule is CCOC1=CCC(C)(SC(=O)N2CCCCC2)C=C1. The van der Waals surface area contributed by atoms with Gasteiger partial charge in [-0.1, -0.05) is 17.8 Å². The van der Waals surface area contributed by atoms with E-state index in [2.05, 4.69) is 19.1 Å². The maximum absolute atomic E-state index is 12.3. The summed E-state index contributed by atoms with van der Waals surface area (Å²) in [6, 6.07) is 0. The first-order chi connectivity index (χ1) is 9.13. The van der Waals surface area contributed by atoms with Crippen LogP contribution in [0.1, 0.15) is 39.5 Å². The number of allylic oxidation sites excluding steroid dienone is 2. The monoisotopic (exact) mass is 281 g/mol. The smallest absolute Gasteiger partial charge is 0.282 e. The maximum atomic E-state index is 12.3. The zero-order valence-corrected chi connectivity index (χ0v) is 12.7. The summed E-state index contributed by atoms with van der Waals surface area (Å²) < 4.78 is 5.34. The fourth-order valence-corrected chi connectivity index (χ4v) is 3.40. The molecule has 0 bridgehead atoms. The van der Waals surface area contributed by atoms with Crippen LogP contribution in [0, 0.1) is 0 Å². The lowest BCUT2D eigenvalue weighted by Crippen LogP contribution is -2.35. The number of thioether (sulfide) groups is 1. The van der Waals surface area contributed by atoms with Gasteiger partial charge in [-0.15, -0.1) is 0 Å². The van der Waals surface area contributed by atoms with Crippen molar-refractivity contribution >= 4 is 17.0 Å². The second-order valence-corrected chi connectivity index (χ2v) is 6.79. The first-order valence-electron chi connectivity index (χ1n) is 7.13. The molecule has 0 spiro atoms. The van der Waals surface area contributed by atoms with Gasteiger partial charge in [0.15, 0.2) is 0 Å². The molecule has 0 saturated carbocycles. The molecule has 0 radical (unpaired) electrons. The van der Waals surface area contributed by atoms with Crippen LogP contribution in [0.4, 0.5) is 4.79 Å². The Balaban J connectivity index is 1.88. The third-order valence-corrected chi connectivity index (χ3v) is 4.76. The van der Waals surface area contributed by atoms with Gasteiger partial charge in [0, 0.05) is 17.8 Å². The van der Waals surface area contributed by atoms with Gasteiger partial charge in [0.1, 0.15) is 5.76 Å². The van der Waals surface area contributed by atoms with Crippen molar-refractivity contribution in [3.8, 4) is 0 Å². The third-order valence-electron chi connectivity index (χ3n) is 3.55. The van der Waals surface area contributed by atoms with Gasteiger partial charge in [-0.3, -0.25) is 4.79 Å². The van der Waals surface area contributed by atoms with Crippen molar-refractivity contribution in [2.24, 2.45) is 0 Å². The van der Waals surface area contributed by atoms with Crippen LogP contribution in [0.3, 0.4) is 0 Å². The van der Waals surface area contributed by atoms with E-state index in [0.717, 1.165) is 38.1 Å². The summed E-state index contributed by atoms with van der Waals surface area (Å²) >= 11 is 1.45. The molecule has 0 aromatic heterocycles. The molecule has 1 aliphatic carbocycles. The van der Waals surface area contributed by atoms with Crippen LogP contribution in [0.2, 0.25) is 0 Å². The molecular formula is C15H23NO2S. The van der Waals surface area contributed by atoms with E-state index < -0.39 is 0 Å². The number of likely N-dealkylation sites (tertiary alicyclic amines) is 1. The largest absolute Gasteiger partial charge is 0.494 e. The molecule has 0 N–H and O–H groups in total. The van der Waals surface area contributed by atoms with E-state index in [4.69, 9.17) is 4.74 Å². The van der Waals surface area contributed by atoms with Crippen LogP contribution in [0.25, 0.3) is 0 Å². The molecule has 0 aromatic carbocycles. The average Bonchev–Trinajstić information content (AvgIpc) is 2.43. The molecule has 4 heteroatoms. The van der Waals surface area contributed by atoms with Crippen LogP contribution in [-0.2, 0) is 4.74 Å². The van der Waals surface area contributed by atoms with Crippen LogP contribution in [0.15, 0.2) is 24.0 Å². The lowest BCUT2D eigenvalue weighted by Gasteiger charge is -2.31. The summed E-state index contributed by atoms with van der Waals surface area (Å²) in [5, 5.41) is 0.222. The van der Waals surface area contributed by atoms with Crippen molar-refractivity contribution < 1.29 is 9.53 Å². The summed E-state index contributed by atoms with van der Waals surface area (Å²) in [4.78, 5) is 14.3. The van der Waals surface area contributed by atoms with Gasteiger partial charge in [0.05, 0.1) is 6.61 Å². The number of ether oxygens (including phenoxy) is 1. The minimum absolute atomic E-state index is 0.130. The number of hydrogen-bond donors (Lipinski definition) is 0. The predicted molar refractivity (Wildman–Crippen MR) is 80.3 cm³/mol. The minimum Gasteiger partial charge on any atom is -0.494 e. The molecule has 1 saturated heterocycles. The van der Waals surface area contributed by atoms with Crippen molar-refractivity contribution in [3.63, 3.8) is 0 Å². The standard InChI is InChI=1S/C15H23NO2S/c1-3-18-13-7-9-15(2,10-8-13)19-14(17)16-11-5-4-6-12-16/h7-9H,3-6,10-12H2,1-2H3. The van der Waals surface area contributed by atoms with Gasteiger partial charge in [-0.2, -0.15) is 0 Å². The molecule has 1 aliphatic heterocycles. The van der Waals surface area contributed by atoms with E-state index >= 15 is 0 Å². The molecule has 1 heterocycles. The first-order valence-corrected chi connectivity index (χ1v) is 7.95. The number of carbonyl (C=O) groups is 1. The molecule has 2 rings (SSSR count). The summed E-state index contributed by atoms with van der Waals surface area (Å²) in [7, 11) is 0. The minimum atomic E-state index is -0.130. The number of hydrogen-bond acceptors (Lipinski definition) is 3. The van der Waals surface area contributed by atoms with Gasteiger partial charge in [-0.05, 0) is 51.7 Å². The van der Waals surface area contributed by atoms with Crippen LogP contribution in [0.5, 0.6) is 0 Å². The second kappa shape index (κ2) is 6.51. The highest BCUT2D eigenvalue weighted by Gasteiger charge is 2.30. The zero-order valence-electron chi connectivity index (χ0n) is 11.9. The van der Waals surface area contributed by atoms with Crippen molar-refractivity contribution in [2.75, 3.05) is 19.7 Å². The molecule has 3 nitrogen and oxygen atoms in total. The van der Waals surface area contributed by atoms with Crippen molar-refractivity contribution in [1.82, 2.24) is 4.90 Å². The Kier molecular flexibility index (Phi) is 4.97. The topological polar surface area (TPSA) is 29.5 Å². The highest BCUT2D eigenvalue weighted by Crippen LogP contribution is 2.36. The van der Waals surface area contributed by atoms with E-state index in [0.29, 0.717) is 6.61 Å². The van der Waals surface area contributed by atoms with E-state index in [1.165, 1.54) is 18.2 Å². The van der Waals surface area contributed by atoms with Crippen LogP contribution in [-0.4, -0.2) is 34.6 Å². The second-order valence-electron chi connectivity index (χ2n) is 5.31. The molecular weight excluding hydrogens is 258 g/mol. The Morgan fingerprint density at radius 1 is 1.42 bits per heavy atom. The molecule has 1 unspecified atom stereocenters. The van der Waals surface area contributed by atoms with Gasteiger partial charge in [0.2, 0.25) is 0 Å². The van der Waals surface area contributed by atoms with Crippen LogP contribution >= 0.6 is 11.8 Å². The Hall–Kier alpha value is -0.900. The molecule has 1 fully saturated rings. The van der Waals surface area contributed by atoms with Gasteiger partial charge in [-0.25, -0.2) is 0 Å². The Morgan fingerprint density at radius 3 is 2.74 bits per heavy atom. The first kappa shape index (κ1) is 14.5. The Labute approximate surface area is 120 Å². The van der Waals surface area contributed by atoms with Gasteiger partial charge < -0.3 is 9.64 Å². The Morgan fingerprint density at radius 2 is 2.16 bits per heavy atom. The zero-order chi connectivity index (χ0) is 13.7. The molecule has 1 atom stereocenters. The predicted octanol–water partition coefficient (Wildman–Crippen LogP) is 3.96. The average molecular weight is 281 g/mol. The lowest BCUT2D eigenvalue weighted by atomic mass is 10.0.